The number of benzene rings is 1. The molecule has 1 aromatic rings. The Labute approximate surface area is 91.6 Å². The SMILES string of the molecule is N[C@@H](CC1CC1)c1cc(Br)ccc1F. The van der Waals surface area contributed by atoms with Gasteiger partial charge in [0.2, 0.25) is 0 Å². The van der Waals surface area contributed by atoms with Crippen molar-refractivity contribution in [3.63, 3.8) is 0 Å². The van der Waals surface area contributed by atoms with Crippen LogP contribution in [0, 0.1) is 11.7 Å². The average molecular weight is 258 g/mol. The lowest BCUT2D eigenvalue weighted by Crippen LogP contribution is -2.12. The zero-order valence-corrected chi connectivity index (χ0v) is 9.43. The van der Waals surface area contributed by atoms with Crippen LogP contribution in [0.25, 0.3) is 0 Å². The van der Waals surface area contributed by atoms with E-state index in [1.54, 1.807) is 12.1 Å². The van der Waals surface area contributed by atoms with E-state index in [4.69, 9.17) is 5.73 Å². The van der Waals surface area contributed by atoms with Gasteiger partial charge >= 0.3 is 0 Å². The van der Waals surface area contributed by atoms with Gasteiger partial charge in [0.05, 0.1) is 0 Å². The van der Waals surface area contributed by atoms with Crippen LogP contribution in [0.1, 0.15) is 30.9 Å². The minimum Gasteiger partial charge on any atom is -0.324 e. The van der Waals surface area contributed by atoms with Gasteiger partial charge < -0.3 is 5.73 Å². The molecule has 0 amide bonds. The van der Waals surface area contributed by atoms with E-state index >= 15 is 0 Å². The second kappa shape index (κ2) is 3.99. The minimum absolute atomic E-state index is 0.153. The maximum atomic E-state index is 13.4. The highest BCUT2D eigenvalue weighted by atomic mass is 79.9. The van der Waals surface area contributed by atoms with Crippen molar-refractivity contribution in [3.8, 4) is 0 Å². The summed E-state index contributed by atoms with van der Waals surface area (Å²) in [6.45, 7) is 0. The van der Waals surface area contributed by atoms with Crippen molar-refractivity contribution in [2.75, 3.05) is 0 Å². The van der Waals surface area contributed by atoms with Crippen LogP contribution >= 0.6 is 15.9 Å². The van der Waals surface area contributed by atoms with Crippen LogP contribution in [0.5, 0.6) is 0 Å². The van der Waals surface area contributed by atoms with Crippen molar-refractivity contribution in [3.05, 3.63) is 34.1 Å². The quantitative estimate of drug-likeness (QED) is 0.883. The fourth-order valence-corrected chi connectivity index (χ4v) is 2.02. The fraction of sp³-hybridized carbons (Fsp3) is 0.455. The zero-order valence-electron chi connectivity index (χ0n) is 7.84. The van der Waals surface area contributed by atoms with Crippen molar-refractivity contribution in [1.82, 2.24) is 0 Å². The molecule has 1 aromatic carbocycles. The van der Waals surface area contributed by atoms with E-state index in [0.717, 1.165) is 16.8 Å². The second-order valence-electron chi connectivity index (χ2n) is 3.95. The van der Waals surface area contributed by atoms with Crippen molar-refractivity contribution in [1.29, 1.82) is 0 Å². The van der Waals surface area contributed by atoms with Crippen molar-refractivity contribution in [2.45, 2.75) is 25.3 Å². The number of hydrogen-bond donors (Lipinski definition) is 1. The van der Waals surface area contributed by atoms with Gasteiger partial charge in [-0.15, -0.1) is 0 Å². The Morgan fingerprint density at radius 2 is 2.21 bits per heavy atom. The molecule has 1 atom stereocenters. The van der Waals surface area contributed by atoms with E-state index < -0.39 is 0 Å². The molecule has 14 heavy (non-hydrogen) atoms. The molecule has 3 heteroatoms. The van der Waals surface area contributed by atoms with Gasteiger partial charge in [0.15, 0.2) is 0 Å². The molecule has 0 bridgehead atoms. The molecule has 1 aliphatic carbocycles. The van der Waals surface area contributed by atoms with Crippen molar-refractivity contribution < 1.29 is 4.39 Å². The van der Waals surface area contributed by atoms with Crippen molar-refractivity contribution in [2.24, 2.45) is 11.7 Å². The molecule has 0 heterocycles. The van der Waals surface area contributed by atoms with Crippen LogP contribution in [0.15, 0.2) is 22.7 Å². The topological polar surface area (TPSA) is 26.0 Å². The third-order valence-corrected chi connectivity index (χ3v) is 3.13. The molecule has 2 rings (SSSR count). The molecule has 0 aliphatic heterocycles. The number of halogens is 2. The van der Waals surface area contributed by atoms with E-state index in [-0.39, 0.29) is 11.9 Å². The summed E-state index contributed by atoms with van der Waals surface area (Å²) in [6.07, 6.45) is 3.42. The first-order chi connectivity index (χ1) is 6.66. The molecule has 1 saturated carbocycles. The molecular weight excluding hydrogens is 245 g/mol. The Balaban J connectivity index is 2.15. The third-order valence-electron chi connectivity index (χ3n) is 2.64. The summed E-state index contributed by atoms with van der Waals surface area (Å²) in [6, 6.07) is 4.79. The summed E-state index contributed by atoms with van der Waals surface area (Å²) in [5.74, 6) is 0.532. The van der Waals surface area contributed by atoms with Gasteiger partial charge in [-0.3, -0.25) is 0 Å². The first-order valence-corrected chi connectivity index (χ1v) is 5.66. The maximum absolute atomic E-state index is 13.4. The van der Waals surface area contributed by atoms with Crippen LogP contribution in [0.2, 0.25) is 0 Å². The first-order valence-electron chi connectivity index (χ1n) is 4.87. The Kier molecular flexibility index (Phi) is 2.88. The van der Waals surface area contributed by atoms with E-state index in [1.807, 2.05) is 0 Å². The van der Waals surface area contributed by atoms with Gasteiger partial charge in [0.25, 0.3) is 0 Å². The molecule has 76 valence electrons. The zero-order chi connectivity index (χ0) is 10.1. The molecule has 1 fully saturated rings. The fourth-order valence-electron chi connectivity index (χ4n) is 1.64. The Bertz CT molecular complexity index is 336. The smallest absolute Gasteiger partial charge is 0.128 e. The maximum Gasteiger partial charge on any atom is 0.128 e. The van der Waals surface area contributed by atoms with E-state index in [0.29, 0.717) is 5.56 Å². The molecule has 0 unspecified atom stereocenters. The lowest BCUT2D eigenvalue weighted by molar-refractivity contribution is 0.542. The summed E-state index contributed by atoms with van der Waals surface area (Å²) >= 11 is 3.32. The molecule has 1 aliphatic rings. The average Bonchev–Trinajstić information content (AvgIpc) is 2.93. The number of rotatable bonds is 3. The van der Waals surface area contributed by atoms with Crippen LogP contribution < -0.4 is 5.73 Å². The Morgan fingerprint density at radius 3 is 2.86 bits per heavy atom. The monoisotopic (exact) mass is 257 g/mol. The van der Waals surface area contributed by atoms with Crippen molar-refractivity contribution >= 4 is 15.9 Å². The Morgan fingerprint density at radius 1 is 1.50 bits per heavy atom. The second-order valence-corrected chi connectivity index (χ2v) is 4.87. The molecular formula is C11H13BrFN. The standard InChI is InChI=1S/C11H13BrFN/c12-8-3-4-10(13)9(6-8)11(14)5-7-1-2-7/h3-4,6-7,11H,1-2,5,14H2/t11-/m0/s1. The summed E-state index contributed by atoms with van der Waals surface area (Å²) in [5, 5.41) is 0. The molecule has 0 saturated heterocycles. The van der Waals surface area contributed by atoms with E-state index in [1.165, 1.54) is 18.9 Å². The first kappa shape index (κ1) is 10.1. The van der Waals surface area contributed by atoms with Crippen LogP contribution in [0.3, 0.4) is 0 Å². The molecule has 0 spiro atoms. The number of hydrogen-bond acceptors (Lipinski definition) is 1. The summed E-state index contributed by atoms with van der Waals surface area (Å²) in [7, 11) is 0. The van der Waals surface area contributed by atoms with Crippen LogP contribution in [-0.2, 0) is 0 Å². The lowest BCUT2D eigenvalue weighted by Gasteiger charge is -2.12. The summed E-state index contributed by atoms with van der Waals surface area (Å²) in [4.78, 5) is 0. The van der Waals surface area contributed by atoms with Gasteiger partial charge in [-0.05, 0) is 30.5 Å². The molecule has 0 aromatic heterocycles. The highest BCUT2D eigenvalue weighted by molar-refractivity contribution is 9.10. The van der Waals surface area contributed by atoms with Gasteiger partial charge in [-0.25, -0.2) is 4.39 Å². The normalized spacial score (nSPS) is 18.2. The predicted octanol–water partition coefficient (Wildman–Crippen LogP) is 3.39. The van der Waals surface area contributed by atoms with Crippen LogP contribution in [-0.4, -0.2) is 0 Å². The number of nitrogens with two attached hydrogens (primary N) is 1. The summed E-state index contributed by atoms with van der Waals surface area (Å²) < 4.78 is 14.3. The summed E-state index contributed by atoms with van der Waals surface area (Å²) in [5.41, 5.74) is 6.58. The third kappa shape index (κ3) is 2.34. The molecule has 1 nitrogen and oxygen atoms in total. The lowest BCUT2D eigenvalue weighted by atomic mass is 10.0. The van der Waals surface area contributed by atoms with Gasteiger partial charge in [0, 0.05) is 16.1 Å². The molecule has 2 N–H and O–H groups in total. The van der Waals surface area contributed by atoms with Crippen LogP contribution in [0.4, 0.5) is 4.39 Å². The van der Waals surface area contributed by atoms with E-state index in [2.05, 4.69) is 15.9 Å². The largest absolute Gasteiger partial charge is 0.324 e. The molecule has 0 radical (unpaired) electrons. The van der Waals surface area contributed by atoms with Gasteiger partial charge in [-0.2, -0.15) is 0 Å². The van der Waals surface area contributed by atoms with E-state index in [9.17, 15) is 4.39 Å². The predicted molar refractivity (Wildman–Crippen MR) is 58.4 cm³/mol. The Hall–Kier alpha value is -0.410. The minimum atomic E-state index is -0.193. The van der Waals surface area contributed by atoms with Gasteiger partial charge in [-0.1, -0.05) is 28.8 Å². The highest BCUT2D eigenvalue weighted by Gasteiger charge is 2.25. The highest BCUT2D eigenvalue weighted by Crippen LogP contribution is 2.37. The van der Waals surface area contributed by atoms with Gasteiger partial charge in [0.1, 0.15) is 5.82 Å².